The van der Waals surface area contributed by atoms with Crippen LogP contribution >= 0.6 is 11.6 Å². The number of pyridine rings is 1. The first-order chi connectivity index (χ1) is 10.6. The molecule has 110 valence electrons. The summed E-state index contributed by atoms with van der Waals surface area (Å²) in [5.74, 6) is 1.16. The summed E-state index contributed by atoms with van der Waals surface area (Å²) in [6.45, 7) is 1.72. The van der Waals surface area contributed by atoms with Gasteiger partial charge in [0.1, 0.15) is 5.82 Å². The SMILES string of the molecule is Cc1nc(-c2ccc(C(=O)Nc3ccc(Cl)cn3)cc2)no1. The molecule has 2 heterocycles. The molecule has 22 heavy (non-hydrogen) atoms. The van der Waals surface area contributed by atoms with E-state index in [4.69, 9.17) is 16.1 Å². The largest absolute Gasteiger partial charge is 0.339 e. The number of halogens is 1. The summed E-state index contributed by atoms with van der Waals surface area (Å²) >= 11 is 5.75. The second-order valence-electron chi connectivity index (χ2n) is 4.53. The van der Waals surface area contributed by atoms with Crippen molar-refractivity contribution >= 4 is 23.3 Å². The van der Waals surface area contributed by atoms with Crippen LogP contribution in [0.25, 0.3) is 11.4 Å². The molecule has 2 aromatic heterocycles. The maximum atomic E-state index is 12.1. The fraction of sp³-hybridized carbons (Fsp3) is 0.0667. The Morgan fingerprint density at radius 2 is 1.95 bits per heavy atom. The fourth-order valence-corrected chi connectivity index (χ4v) is 1.94. The smallest absolute Gasteiger partial charge is 0.256 e. The number of benzene rings is 1. The molecule has 0 bridgehead atoms. The third-order valence-electron chi connectivity index (χ3n) is 2.90. The first-order valence-electron chi connectivity index (χ1n) is 6.45. The average Bonchev–Trinajstić information content (AvgIpc) is 2.96. The number of aromatic nitrogens is 3. The van der Waals surface area contributed by atoms with Crippen molar-refractivity contribution in [1.29, 1.82) is 0 Å². The van der Waals surface area contributed by atoms with Crippen molar-refractivity contribution in [3.63, 3.8) is 0 Å². The molecule has 3 rings (SSSR count). The monoisotopic (exact) mass is 314 g/mol. The van der Waals surface area contributed by atoms with Crippen LogP contribution in [0.2, 0.25) is 5.02 Å². The van der Waals surface area contributed by atoms with Gasteiger partial charge in [0.05, 0.1) is 5.02 Å². The van der Waals surface area contributed by atoms with Gasteiger partial charge in [-0.05, 0) is 24.3 Å². The van der Waals surface area contributed by atoms with E-state index in [9.17, 15) is 4.79 Å². The maximum absolute atomic E-state index is 12.1. The Labute approximate surface area is 131 Å². The van der Waals surface area contributed by atoms with Gasteiger partial charge in [0, 0.05) is 24.2 Å². The van der Waals surface area contributed by atoms with Crippen LogP contribution in [0.4, 0.5) is 5.82 Å². The number of amides is 1. The second kappa shape index (κ2) is 5.95. The molecule has 0 saturated heterocycles. The van der Waals surface area contributed by atoms with Gasteiger partial charge < -0.3 is 9.84 Å². The summed E-state index contributed by atoms with van der Waals surface area (Å²) in [6.07, 6.45) is 1.47. The first kappa shape index (κ1) is 14.2. The number of hydrogen-bond donors (Lipinski definition) is 1. The lowest BCUT2D eigenvalue weighted by Gasteiger charge is -2.04. The Kier molecular flexibility index (Phi) is 3.84. The first-order valence-corrected chi connectivity index (χ1v) is 6.83. The van der Waals surface area contributed by atoms with Gasteiger partial charge in [0.2, 0.25) is 11.7 Å². The zero-order chi connectivity index (χ0) is 15.5. The van der Waals surface area contributed by atoms with E-state index in [1.54, 1.807) is 43.3 Å². The number of carbonyl (C=O) groups is 1. The van der Waals surface area contributed by atoms with E-state index in [0.29, 0.717) is 28.1 Å². The molecule has 1 N–H and O–H groups in total. The summed E-state index contributed by atoms with van der Waals surface area (Å²) in [7, 11) is 0. The van der Waals surface area contributed by atoms with Crippen LogP contribution in [0.15, 0.2) is 47.1 Å². The molecular formula is C15H11ClN4O2. The number of anilines is 1. The summed E-state index contributed by atoms with van der Waals surface area (Å²) in [4.78, 5) is 20.3. The predicted molar refractivity (Wildman–Crippen MR) is 81.7 cm³/mol. The van der Waals surface area contributed by atoms with Crippen LogP contribution in [-0.4, -0.2) is 21.0 Å². The zero-order valence-corrected chi connectivity index (χ0v) is 12.3. The minimum atomic E-state index is -0.259. The highest BCUT2D eigenvalue weighted by atomic mass is 35.5. The molecule has 0 aliphatic carbocycles. The molecule has 0 unspecified atom stereocenters. The summed E-state index contributed by atoms with van der Waals surface area (Å²) in [5, 5.41) is 7.03. The van der Waals surface area contributed by atoms with Crippen molar-refractivity contribution in [2.75, 3.05) is 5.32 Å². The topological polar surface area (TPSA) is 80.9 Å². The van der Waals surface area contributed by atoms with E-state index in [1.807, 2.05) is 0 Å². The maximum Gasteiger partial charge on any atom is 0.256 e. The number of aryl methyl sites for hydroxylation is 1. The molecule has 0 atom stereocenters. The average molecular weight is 315 g/mol. The second-order valence-corrected chi connectivity index (χ2v) is 4.97. The number of carbonyl (C=O) groups excluding carboxylic acids is 1. The van der Waals surface area contributed by atoms with E-state index in [2.05, 4.69) is 20.4 Å². The van der Waals surface area contributed by atoms with E-state index < -0.39 is 0 Å². The number of hydrogen-bond acceptors (Lipinski definition) is 5. The van der Waals surface area contributed by atoms with Gasteiger partial charge in [-0.15, -0.1) is 0 Å². The Hall–Kier alpha value is -2.73. The van der Waals surface area contributed by atoms with Crippen LogP contribution in [0.1, 0.15) is 16.2 Å². The molecule has 1 amide bonds. The van der Waals surface area contributed by atoms with Gasteiger partial charge in [0.15, 0.2) is 0 Å². The molecule has 0 aliphatic heterocycles. The van der Waals surface area contributed by atoms with E-state index >= 15 is 0 Å². The molecule has 0 saturated carbocycles. The summed E-state index contributed by atoms with van der Waals surface area (Å²) < 4.78 is 4.93. The van der Waals surface area contributed by atoms with E-state index in [-0.39, 0.29) is 5.91 Å². The van der Waals surface area contributed by atoms with E-state index in [1.165, 1.54) is 6.20 Å². The van der Waals surface area contributed by atoms with Crippen LogP contribution in [-0.2, 0) is 0 Å². The van der Waals surface area contributed by atoms with E-state index in [0.717, 1.165) is 5.56 Å². The van der Waals surface area contributed by atoms with Crippen LogP contribution in [0.5, 0.6) is 0 Å². The minimum absolute atomic E-state index is 0.259. The van der Waals surface area contributed by atoms with Gasteiger partial charge in [-0.2, -0.15) is 4.98 Å². The Balaban J connectivity index is 1.74. The Morgan fingerprint density at radius 1 is 1.18 bits per heavy atom. The van der Waals surface area contributed by atoms with Gasteiger partial charge in [0.25, 0.3) is 5.91 Å². The van der Waals surface area contributed by atoms with Crippen molar-refractivity contribution in [3.8, 4) is 11.4 Å². The molecular weight excluding hydrogens is 304 g/mol. The molecule has 0 radical (unpaired) electrons. The number of nitrogens with zero attached hydrogens (tertiary/aromatic N) is 3. The lowest BCUT2D eigenvalue weighted by Crippen LogP contribution is -2.12. The third kappa shape index (κ3) is 3.12. The number of rotatable bonds is 3. The molecule has 3 aromatic rings. The van der Waals surface area contributed by atoms with Crippen LogP contribution in [0.3, 0.4) is 0 Å². The molecule has 1 aromatic carbocycles. The highest BCUT2D eigenvalue weighted by Crippen LogP contribution is 2.17. The quantitative estimate of drug-likeness (QED) is 0.801. The van der Waals surface area contributed by atoms with Crippen LogP contribution < -0.4 is 5.32 Å². The molecule has 0 spiro atoms. The normalized spacial score (nSPS) is 10.5. The fourth-order valence-electron chi connectivity index (χ4n) is 1.83. The lowest BCUT2D eigenvalue weighted by molar-refractivity contribution is 0.102. The summed E-state index contributed by atoms with van der Waals surface area (Å²) in [5.41, 5.74) is 1.28. The zero-order valence-electron chi connectivity index (χ0n) is 11.6. The van der Waals surface area contributed by atoms with Gasteiger partial charge in [-0.3, -0.25) is 4.79 Å². The van der Waals surface area contributed by atoms with Gasteiger partial charge in [-0.25, -0.2) is 4.98 Å². The molecule has 0 fully saturated rings. The van der Waals surface area contributed by atoms with Crippen molar-refractivity contribution in [3.05, 3.63) is 59.1 Å². The van der Waals surface area contributed by atoms with Crippen molar-refractivity contribution in [2.45, 2.75) is 6.92 Å². The summed E-state index contributed by atoms with van der Waals surface area (Å²) in [6, 6.07) is 10.2. The highest BCUT2D eigenvalue weighted by molar-refractivity contribution is 6.30. The highest BCUT2D eigenvalue weighted by Gasteiger charge is 2.09. The van der Waals surface area contributed by atoms with Crippen molar-refractivity contribution in [2.24, 2.45) is 0 Å². The lowest BCUT2D eigenvalue weighted by atomic mass is 10.1. The third-order valence-corrected chi connectivity index (χ3v) is 3.13. The van der Waals surface area contributed by atoms with Crippen LogP contribution in [0, 0.1) is 6.92 Å². The van der Waals surface area contributed by atoms with Gasteiger partial charge in [-0.1, -0.05) is 28.9 Å². The van der Waals surface area contributed by atoms with Gasteiger partial charge >= 0.3 is 0 Å². The predicted octanol–water partition coefficient (Wildman–Crippen LogP) is 3.35. The van der Waals surface area contributed by atoms with Crippen molar-refractivity contribution in [1.82, 2.24) is 15.1 Å². The minimum Gasteiger partial charge on any atom is -0.339 e. The van der Waals surface area contributed by atoms with Crippen molar-refractivity contribution < 1.29 is 9.32 Å². The Bertz CT molecular complexity index is 797. The molecule has 6 nitrogen and oxygen atoms in total. The standard InChI is InChI=1S/C15H11ClN4O2/c1-9-18-14(20-22-9)10-2-4-11(5-3-10)15(21)19-13-7-6-12(16)8-17-13/h2-8H,1H3,(H,17,19,21). The molecule has 0 aliphatic rings. The number of nitrogens with one attached hydrogen (secondary N) is 1. The Morgan fingerprint density at radius 3 is 2.55 bits per heavy atom. The molecule has 7 heteroatoms.